The lowest BCUT2D eigenvalue weighted by Gasteiger charge is -2.40. The zero-order valence-electron chi connectivity index (χ0n) is 9.57. The summed E-state index contributed by atoms with van der Waals surface area (Å²) in [6, 6.07) is 1.07. The first kappa shape index (κ1) is 11.4. The number of hydrogen-bond acceptors (Lipinski definition) is 3. The van der Waals surface area contributed by atoms with Gasteiger partial charge >= 0.3 is 0 Å². The fraction of sp³-hybridized carbons (Fsp3) is 1.00. The van der Waals surface area contributed by atoms with E-state index in [1.807, 2.05) is 0 Å². The van der Waals surface area contributed by atoms with Crippen molar-refractivity contribution in [2.75, 3.05) is 19.7 Å². The van der Waals surface area contributed by atoms with Gasteiger partial charge in [0.25, 0.3) is 0 Å². The van der Waals surface area contributed by atoms with Gasteiger partial charge in [0, 0.05) is 12.1 Å². The average Bonchev–Trinajstić information content (AvgIpc) is 2.76. The minimum absolute atomic E-state index is 0.327. The molecule has 3 nitrogen and oxygen atoms in total. The standard InChI is InChI=1S/C12H24N2O/c13-8-10-4-1-2-6-12(10)14-7-3-5-11(14)9-15/h10-12,15H,1-9,13H2. The molecule has 0 bridgehead atoms. The Bertz CT molecular complexity index is 198. The third-order valence-corrected chi connectivity index (χ3v) is 4.23. The van der Waals surface area contributed by atoms with Gasteiger partial charge in [0.2, 0.25) is 0 Å². The van der Waals surface area contributed by atoms with E-state index in [-0.39, 0.29) is 0 Å². The Morgan fingerprint density at radius 3 is 2.67 bits per heavy atom. The summed E-state index contributed by atoms with van der Waals surface area (Å²) in [4.78, 5) is 2.54. The van der Waals surface area contributed by atoms with Crippen molar-refractivity contribution < 1.29 is 5.11 Å². The fourth-order valence-electron chi connectivity index (χ4n) is 3.39. The second kappa shape index (κ2) is 5.28. The fourth-order valence-corrected chi connectivity index (χ4v) is 3.39. The minimum atomic E-state index is 0.327. The van der Waals surface area contributed by atoms with Crippen LogP contribution in [0.5, 0.6) is 0 Å². The zero-order valence-corrected chi connectivity index (χ0v) is 9.57. The van der Waals surface area contributed by atoms with Crippen molar-refractivity contribution in [3.63, 3.8) is 0 Å². The third kappa shape index (κ3) is 2.35. The molecule has 1 heterocycles. The molecule has 0 radical (unpaired) electrons. The van der Waals surface area contributed by atoms with Gasteiger partial charge in [-0.05, 0) is 44.7 Å². The number of rotatable bonds is 3. The van der Waals surface area contributed by atoms with Gasteiger partial charge in [0.15, 0.2) is 0 Å². The predicted octanol–water partition coefficient (Wildman–Crippen LogP) is 0.961. The summed E-state index contributed by atoms with van der Waals surface area (Å²) in [6.45, 7) is 2.32. The Kier molecular flexibility index (Phi) is 4.00. The van der Waals surface area contributed by atoms with Gasteiger partial charge in [-0.2, -0.15) is 0 Å². The van der Waals surface area contributed by atoms with Crippen LogP contribution in [-0.2, 0) is 0 Å². The van der Waals surface area contributed by atoms with Crippen LogP contribution in [-0.4, -0.2) is 41.8 Å². The number of aliphatic hydroxyl groups is 1. The first-order valence-electron chi connectivity index (χ1n) is 6.43. The normalized spacial score (nSPS) is 38.4. The van der Waals surface area contributed by atoms with E-state index in [9.17, 15) is 5.11 Å². The molecule has 1 aliphatic heterocycles. The highest BCUT2D eigenvalue weighted by Crippen LogP contribution is 2.32. The van der Waals surface area contributed by atoms with Gasteiger partial charge in [0.05, 0.1) is 6.61 Å². The van der Waals surface area contributed by atoms with Gasteiger partial charge in [-0.25, -0.2) is 0 Å². The van der Waals surface area contributed by atoms with Gasteiger partial charge in [-0.15, -0.1) is 0 Å². The van der Waals surface area contributed by atoms with E-state index in [0.717, 1.165) is 6.54 Å². The van der Waals surface area contributed by atoms with Crippen LogP contribution < -0.4 is 5.73 Å². The van der Waals surface area contributed by atoms with Crippen LogP contribution in [0.4, 0.5) is 0 Å². The minimum Gasteiger partial charge on any atom is -0.395 e. The van der Waals surface area contributed by atoms with E-state index >= 15 is 0 Å². The van der Waals surface area contributed by atoms with Crippen molar-refractivity contribution in [3.8, 4) is 0 Å². The molecular formula is C12H24N2O. The first-order chi connectivity index (χ1) is 7.36. The molecule has 3 N–H and O–H groups in total. The summed E-state index contributed by atoms with van der Waals surface area (Å²) >= 11 is 0. The van der Waals surface area contributed by atoms with Crippen molar-refractivity contribution in [3.05, 3.63) is 0 Å². The highest BCUT2D eigenvalue weighted by atomic mass is 16.3. The van der Waals surface area contributed by atoms with E-state index in [4.69, 9.17) is 5.73 Å². The van der Waals surface area contributed by atoms with Crippen molar-refractivity contribution >= 4 is 0 Å². The molecule has 1 saturated heterocycles. The number of hydrogen-bond donors (Lipinski definition) is 2. The second-order valence-corrected chi connectivity index (χ2v) is 5.06. The van der Waals surface area contributed by atoms with Gasteiger partial charge < -0.3 is 10.8 Å². The van der Waals surface area contributed by atoms with Crippen molar-refractivity contribution in [2.24, 2.45) is 11.7 Å². The quantitative estimate of drug-likeness (QED) is 0.732. The maximum Gasteiger partial charge on any atom is 0.0586 e. The molecule has 0 aromatic carbocycles. The molecule has 15 heavy (non-hydrogen) atoms. The lowest BCUT2D eigenvalue weighted by molar-refractivity contribution is 0.0663. The molecule has 88 valence electrons. The smallest absolute Gasteiger partial charge is 0.0586 e. The molecular weight excluding hydrogens is 188 g/mol. The molecule has 3 atom stereocenters. The largest absolute Gasteiger partial charge is 0.395 e. The molecule has 1 aliphatic carbocycles. The molecule has 3 heteroatoms. The molecule has 2 aliphatic rings. The molecule has 2 fully saturated rings. The number of likely N-dealkylation sites (tertiary alicyclic amines) is 1. The lowest BCUT2D eigenvalue weighted by atomic mass is 9.83. The van der Waals surface area contributed by atoms with E-state index in [0.29, 0.717) is 24.6 Å². The Hall–Kier alpha value is -0.120. The van der Waals surface area contributed by atoms with Gasteiger partial charge in [-0.3, -0.25) is 4.90 Å². The highest BCUT2D eigenvalue weighted by Gasteiger charge is 2.35. The van der Waals surface area contributed by atoms with Crippen LogP contribution in [0.15, 0.2) is 0 Å². The summed E-state index contributed by atoms with van der Waals surface area (Å²) in [5.41, 5.74) is 5.86. The summed E-state index contributed by atoms with van der Waals surface area (Å²) < 4.78 is 0. The summed E-state index contributed by atoms with van der Waals surface area (Å²) in [6.07, 6.45) is 7.68. The average molecular weight is 212 g/mol. The monoisotopic (exact) mass is 212 g/mol. The van der Waals surface area contributed by atoms with E-state index in [1.54, 1.807) is 0 Å². The molecule has 0 amide bonds. The summed E-state index contributed by atoms with van der Waals surface area (Å²) in [7, 11) is 0. The maximum atomic E-state index is 9.35. The van der Waals surface area contributed by atoms with Crippen LogP contribution in [0.1, 0.15) is 38.5 Å². The third-order valence-electron chi connectivity index (χ3n) is 4.23. The number of aliphatic hydroxyl groups excluding tert-OH is 1. The second-order valence-electron chi connectivity index (χ2n) is 5.06. The van der Waals surface area contributed by atoms with Crippen molar-refractivity contribution in [2.45, 2.75) is 50.6 Å². The Morgan fingerprint density at radius 1 is 1.13 bits per heavy atom. The summed E-state index contributed by atoms with van der Waals surface area (Å²) in [5.74, 6) is 0.672. The molecule has 1 saturated carbocycles. The van der Waals surface area contributed by atoms with Crippen molar-refractivity contribution in [1.82, 2.24) is 4.90 Å². The lowest BCUT2D eigenvalue weighted by Crippen LogP contribution is -2.48. The maximum absolute atomic E-state index is 9.35. The first-order valence-corrected chi connectivity index (χ1v) is 6.43. The highest BCUT2D eigenvalue weighted by molar-refractivity contribution is 4.90. The van der Waals surface area contributed by atoms with Gasteiger partial charge in [-0.1, -0.05) is 12.8 Å². The molecule has 0 aromatic rings. The van der Waals surface area contributed by atoms with Crippen LogP contribution in [0.2, 0.25) is 0 Å². The van der Waals surface area contributed by atoms with E-state index in [1.165, 1.54) is 45.1 Å². The van der Waals surface area contributed by atoms with Crippen molar-refractivity contribution in [1.29, 1.82) is 0 Å². The Balaban J connectivity index is 1.99. The van der Waals surface area contributed by atoms with Crippen LogP contribution in [0, 0.1) is 5.92 Å². The Labute approximate surface area is 92.6 Å². The van der Waals surface area contributed by atoms with Gasteiger partial charge in [0.1, 0.15) is 0 Å². The molecule has 3 unspecified atom stereocenters. The van der Waals surface area contributed by atoms with Crippen LogP contribution in [0.3, 0.4) is 0 Å². The SMILES string of the molecule is NCC1CCCCC1N1CCCC1CO. The molecule has 0 spiro atoms. The number of nitrogens with two attached hydrogens (primary N) is 1. The topological polar surface area (TPSA) is 49.5 Å². The molecule has 0 aromatic heterocycles. The summed E-state index contributed by atoms with van der Waals surface area (Å²) in [5, 5.41) is 9.35. The van der Waals surface area contributed by atoms with Crippen LogP contribution in [0.25, 0.3) is 0 Å². The number of nitrogens with zero attached hydrogens (tertiary/aromatic N) is 1. The predicted molar refractivity (Wildman–Crippen MR) is 61.6 cm³/mol. The Morgan fingerprint density at radius 2 is 1.93 bits per heavy atom. The van der Waals surface area contributed by atoms with Crippen LogP contribution >= 0.6 is 0 Å². The zero-order chi connectivity index (χ0) is 10.7. The molecule has 2 rings (SSSR count). The van der Waals surface area contributed by atoms with E-state index < -0.39 is 0 Å². The van der Waals surface area contributed by atoms with E-state index in [2.05, 4.69) is 4.90 Å².